The fourth-order valence-electron chi connectivity index (χ4n) is 2.41. The van der Waals surface area contributed by atoms with E-state index in [0.717, 1.165) is 12.5 Å². The summed E-state index contributed by atoms with van der Waals surface area (Å²) < 4.78 is 47.2. The number of hydrogen-bond acceptors (Lipinski definition) is 5. The summed E-state index contributed by atoms with van der Waals surface area (Å²) in [6, 6.07) is 5.04. The monoisotopic (exact) mass is 346 g/mol. The van der Waals surface area contributed by atoms with E-state index in [1.807, 2.05) is 0 Å². The summed E-state index contributed by atoms with van der Waals surface area (Å²) >= 11 is 0. The van der Waals surface area contributed by atoms with Gasteiger partial charge >= 0.3 is 0 Å². The Labute approximate surface area is 130 Å². The van der Waals surface area contributed by atoms with Gasteiger partial charge in [0, 0.05) is 18.5 Å². The molecule has 0 unspecified atom stereocenters. The Balaban J connectivity index is 2.12. The summed E-state index contributed by atoms with van der Waals surface area (Å²) in [5.74, 6) is -0.407. The third-order valence-corrected chi connectivity index (χ3v) is 5.90. The van der Waals surface area contributed by atoms with E-state index in [4.69, 9.17) is 0 Å². The zero-order chi connectivity index (χ0) is 16.5. The molecule has 1 fully saturated rings. The zero-order valence-electron chi connectivity index (χ0n) is 12.3. The number of nitrogens with one attached hydrogen (secondary N) is 1. The second-order valence-corrected chi connectivity index (χ2v) is 9.27. The lowest BCUT2D eigenvalue weighted by atomic mass is 10.2. The highest BCUT2D eigenvalue weighted by molar-refractivity contribution is 7.90. The molecule has 0 saturated carbocycles. The molecule has 0 aromatic heterocycles. The van der Waals surface area contributed by atoms with E-state index in [9.17, 15) is 21.6 Å². The highest BCUT2D eigenvalue weighted by atomic mass is 32.2. The van der Waals surface area contributed by atoms with Crippen LogP contribution in [0.5, 0.6) is 0 Å². The fourth-order valence-corrected chi connectivity index (χ4v) is 4.16. The number of carbonyl (C=O) groups is 1. The average molecular weight is 346 g/mol. The van der Waals surface area contributed by atoms with Gasteiger partial charge in [0.15, 0.2) is 9.84 Å². The van der Waals surface area contributed by atoms with Crippen molar-refractivity contribution in [2.45, 2.75) is 23.8 Å². The van der Waals surface area contributed by atoms with E-state index in [-0.39, 0.29) is 4.90 Å². The van der Waals surface area contributed by atoms with Crippen LogP contribution in [0.3, 0.4) is 0 Å². The largest absolute Gasteiger partial charge is 0.325 e. The van der Waals surface area contributed by atoms with Gasteiger partial charge in [0.1, 0.15) is 6.04 Å². The van der Waals surface area contributed by atoms with Crippen molar-refractivity contribution in [1.82, 2.24) is 4.31 Å². The summed E-state index contributed by atoms with van der Waals surface area (Å²) in [6.07, 6.45) is 3.29. The van der Waals surface area contributed by atoms with Crippen molar-refractivity contribution in [3.05, 3.63) is 24.3 Å². The number of nitrogens with zero attached hydrogens (tertiary/aromatic N) is 1. The Kier molecular flexibility index (Phi) is 4.59. The molecule has 1 aliphatic rings. The first kappa shape index (κ1) is 16.9. The van der Waals surface area contributed by atoms with Gasteiger partial charge in [-0.1, -0.05) is 0 Å². The quantitative estimate of drug-likeness (QED) is 0.853. The number of amides is 1. The van der Waals surface area contributed by atoms with Crippen LogP contribution in [-0.4, -0.2) is 52.1 Å². The number of benzene rings is 1. The molecular formula is C13H18N2O5S2. The van der Waals surface area contributed by atoms with Crippen molar-refractivity contribution >= 4 is 31.5 Å². The highest BCUT2D eigenvalue weighted by Gasteiger charge is 2.36. The molecule has 0 radical (unpaired) electrons. The van der Waals surface area contributed by atoms with E-state index >= 15 is 0 Å². The van der Waals surface area contributed by atoms with Crippen LogP contribution in [0.25, 0.3) is 0 Å². The van der Waals surface area contributed by atoms with Crippen molar-refractivity contribution in [2.75, 3.05) is 24.4 Å². The first-order valence-electron chi connectivity index (χ1n) is 6.67. The second kappa shape index (κ2) is 5.98. The fraction of sp³-hybridized carbons (Fsp3) is 0.462. The predicted octanol–water partition coefficient (Wildman–Crippen LogP) is 0.453. The Morgan fingerprint density at radius 3 is 2.23 bits per heavy atom. The van der Waals surface area contributed by atoms with Gasteiger partial charge in [0.05, 0.1) is 11.2 Å². The van der Waals surface area contributed by atoms with Crippen molar-refractivity contribution in [3.63, 3.8) is 0 Å². The molecule has 122 valence electrons. The third kappa shape index (κ3) is 3.84. The number of sulfone groups is 1. The summed E-state index contributed by atoms with van der Waals surface area (Å²) in [5.41, 5.74) is 0.428. The molecule has 1 aromatic carbocycles. The molecule has 2 rings (SSSR count). The van der Waals surface area contributed by atoms with Crippen LogP contribution >= 0.6 is 0 Å². The molecule has 1 heterocycles. The molecule has 7 nitrogen and oxygen atoms in total. The number of sulfonamides is 1. The maximum atomic E-state index is 12.2. The molecule has 22 heavy (non-hydrogen) atoms. The number of anilines is 1. The SMILES string of the molecule is CS(=O)(=O)c1ccc(NC(=O)[C@@H]2CCCN2S(C)(=O)=O)cc1. The number of carbonyl (C=O) groups excluding carboxylic acids is 1. The summed E-state index contributed by atoms with van der Waals surface area (Å²) in [4.78, 5) is 12.4. The van der Waals surface area contributed by atoms with Gasteiger partial charge in [0.25, 0.3) is 0 Å². The molecular weight excluding hydrogens is 328 g/mol. The summed E-state index contributed by atoms with van der Waals surface area (Å²) in [6.45, 7) is 0.337. The normalized spacial score (nSPS) is 20.0. The van der Waals surface area contributed by atoms with Gasteiger partial charge in [-0.25, -0.2) is 16.8 Å². The molecule has 1 atom stereocenters. The van der Waals surface area contributed by atoms with Gasteiger partial charge < -0.3 is 5.32 Å². The molecule has 1 amide bonds. The highest BCUT2D eigenvalue weighted by Crippen LogP contribution is 2.22. The Morgan fingerprint density at radius 2 is 1.73 bits per heavy atom. The molecule has 1 saturated heterocycles. The molecule has 0 bridgehead atoms. The topological polar surface area (TPSA) is 101 Å². The standard InChI is InChI=1S/C13H18N2O5S2/c1-21(17,18)11-7-5-10(6-8-11)14-13(16)12-4-3-9-15(12)22(2,19)20/h5-8,12H,3-4,9H2,1-2H3,(H,14,16)/t12-/m0/s1. The maximum absolute atomic E-state index is 12.2. The summed E-state index contributed by atoms with van der Waals surface area (Å²) in [5, 5.41) is 2.62. The smallest absolute Gasteiger partial charge is 0.242 e. The van der Waals surface area contributed by atoms with Gasteiger partial charge in [0.2, 0.25) is 15.9 Å². The Hall–Kier alpha value is -1.45. The van der Waals surface area contributed by atoms with Crippen LogP contribution in [-0.2, 0) is 24.7 Å². The van der Waals surface area contributed by atoms with Crippen LogP contribution in [0.1, 0.15) is 12.8 Å². The zero-order valence-corrected chi connectivity index (χ0v) is 13.9. The van der Waals surface area contributed by atoms with Crippen molar-refractivity contribution in [3.8, 4) is 0 Å². The maximum Gasteiger partial charge on any atom is 0.242 e. The predicted molar refractivity (Wildman–Crippen MR) is 82.8 cm³/mol. The Bertz CT molecular complexity index is 769. The second-order valence-electron chi connectivity index (χ2n) is 5.32. The van der Waals surface area contributed by atoms with E-state index in [1.54, 1.807) is 0 Å². The lowest BCUT2D eigenvalue weighted by molar-refractivity contribution is -0.119. The summed E-state index contributed by atoms with van der Waals surface area (Å²) in [7, 11) is -6.71. The third-order valence-electron chi connectivity index (χ3n) is 3.48. The van der Waals surface area contributed by atoms with Gasteiger partial charge in [-0.2, -0.15) is 4.31 Å². The van der Waals surface area contributed by atoms with E-state index < -0.39 is 31.8 Å². The minimum atomic E-state index is -3.42. The minimum Gasteiger partial charge on any atom is -0.325 e. The molecule has 0 aliphatic carbocycles. The van der Waals surface area contributed by atoms with Crippen molar-refractivity contribution in [1.29, 1.82) is 0 Å². The van der Waals surface area contributed by atoms with Crippen molar-refractivity contribution in [2.24, 2.45) is 0 Å². The lowest BCUT2D eigenvalue weighted by Gasteiger charge is -2.21. The molecule has 9 heteroatoms. The van der Waals surface area contributed by atoms with Crippen LogP contribution < -0.4 is 5.32 Å². The molecule has 1 aromatic rings. The molecule has 1 aliphatic heterocycles. The van der Waals surface area contributed by atoms with Crippen LogP contribution in [0.2, 0.25) is 0 Å². The van der Waals surface area contributed by atoms with Crippen LogP contribution in [0.15, 0.2) is 29.2 Å². The van der Waals surface area contributed by atoms with Crippen LogP contribution in [0.4, 0.5) is 5.69 Å². The van der Waals surface area contributed by atoms with Crippen molar-refractivity contribution < 1.29 is 21.6 Å². The molecule has 0 spiro atoms. The first-order chi connectivity index (χ1) is 10.1. The van der Waals surface area contributed by atoms with E-state index in [0.29, 0.717) is 25.1 Å². The molecule has 1 N–H and O–H groups in total. The van der Waals surface area contributed by atoms with Crippen LogP contribution in [0, 0.1) is 0 Å². The first-order valence-corrected chi connectivity index (χ1v) is 10.4. The number of hydrogen-bond donors (Lipinski definition) is 1. The number of rotatable bonds is 4. The van der Waals surface area contributed by atoms with E-state index in [2.05, 4.69) is 5.32 Å². The average Bonchev–Trinajstić information content (AvgIpc) is 2.87. The Morgan fingerprint density at radius 1 is 1.14 bits per heavy atom. The van der Waals surface area contributed by atoms with Gasteiger partial charge in [-0.05, 0) is 37.1 Å². The van der Waals surface area contributed by atoms with E-state index in [1.165, 1.54) is 28.6 Å². The van der Waals surface area contributed by atoms with Gasteiger partial charge in [-0.3, -0.25) is 4.79 Å². The lowest BCUT2D eigenvalue weighted by Crippen LogP contribution is -2.42. The van der Waals surface area contributed by atoms with Gasteiger partial charge in [-0.15, -0.1) is 0 Å². The minimum absolute atomic E-state index is 0.157.